The van der Waals surface area contributed by atoms with Crippen molar-refractivity contribution in [3.05, 3.63) is 57.1 Å². The largest absolute Gasteiger partial charge is 0.325 e. The quantitative estimate of drug-likeness (QED) is 0.808. The van der Waals surface area contributed by atoms with Crippen molar-refractivity contribution < 1.29 is 9.59 Å². The van der Waals surface area contributed by atoms with Gasteiger partial charge < -0.3 is 10.2 Å². The molecule has 26 heavy (non-hydrogen) atoms. The Morgan fingerprint density at radius 1 is 1.08 bits per heavy atom. The second-order valence-electron chi connectivity index (χ2n) is 6.77. The maximum atomic E-state index is 12.7. The van der Waals surface area contributed by atoms with E-state index in [-0.39, 0.29) is 18.2 Å². The summed E-state index contributed by atoms with van der Waals surface area (Å²) in [5.74, 6) is -0.645. The van der Waals surface area contributed by atoms with Crippen LogP contribution in [0.3, 0.4) is 0 Å². The van der Waals surface area contributed by atoms with E-state index < -0.39 is 5.92 Å². The molecular weight excluding hydrogens is 371 g/mol. The van der Waals surface area contributed by atoms with Crippen LogP contribution in [0.1, 0.15) is 23.1 Å². The fourth-order valence-electron chi connectivity index (χ4n) is 3.39. The molecule has 2 aromatic rings. The molecule has 0 aromatic heterocycles. The van der Waals surface area contributed by atoms with Crippen LogP contribution >= 0.6 is 23.2 Å². The van der Waals surface area contributed by atoms with Gasteiger partial charge in [-0.05, 0) is 50.1 Å². The maximum Gasteiger partial charge on any atom is 0.229 e. The van der Waals surface area contributed by atoms with Gasteiger partial charge in [0.25, 0.3) is 0 Å². The Morgan fingerprint density at radius 3 is 2.35 bits per heavy atom. The van der Waals surface area contributed by atoms with Gasteiger partial charge in [0.2, 0.25) is 11.8 Å². The van der Waals surface area contributed by atoms with Crippen LogP contribution in [-0.4, -0.2) is 18.4 Å². The minimum absolute atomic E-state index is 0.0964. The molecule has 1 unspecified atom stereocenters. The molecule has 1 aliphatic heterocycles. The predicted octanol–water partition coefficient (Wildman–Crippen LogP) is 4.91. The van der Waals surface area contributed by atoms with E-state index in [2.05, 4.69) is 5.32 Å². The normalized spacial score (nSPS) is 16.9. The molecule has 1 aliphatic rings. The topological polar surface area (TPSA) is 49.4 Å². The second-order valence-corrected chi connectivity index (χ2v) is 7.58. The first-order chi connectivity index (χ1) is 12.3. The second kappa shape index (κ2) is 7.29. The molecule has 1 atom stereocenters. The molecule has 1 N–H and O–H groups in total. The number of hydrogen-bond acceptors (Lipinski definition) is 2. The minimum Gasteiger partial charge on any atom is -0.325 e. The van der Waals surface area contributed by atoms with Crippen LogP contribution in [0.5, 0.6) is 0 Å². The summed E-state index contributed by atoms with van der Waals surface area (Å²) in [6, 6.07) is 9.10. The first-order valence-electron chi connectivity index (χ1n) is 8.40. The fraction of sp³-hybridized carbons (Fsp3) is 0.300. The molecule has 2 aromatic carbocycles. The molecule has 0 aliphatic carbocycles. The zero-order chi connectivity index (χ0) is 19.0. The molecule has 6 heteroatoms. The molecule has 0 bridgehead atoms. The van der Waals surface area contributed by atoms with Gasteiger partial charge in [0, 0.05) is 24.3 Å². The summed E-state index contributed by atoms with van der Waals surface area (Å²) in [5.41, 5.74) is 4.66. The third-order valence-corrected chi connectivity index (χ3v) is 5.37. The molecule has 1 fully saturated rings. The number of carbonyl (C=O) groups is 2. The molecule has 1 saturated heterocycles. The van der Waals surface area contributed by atoms with Gasteiger partial charge in [-0.1, -0.05) is 40.9 Å². The zero-order valence-corrected chi connectivity index (χ0v) is 16.4. The summed E-state index contributed by atoms with van der Waals surface area (Å²) in [6.45, 7) is 6.29. The van der Waals surface area contributed by atoms with E-state index in [1.165, 1.54) is 0 Å². The van der Waals surface area contributed by atoms with Crippen LogP contribution in [0, 0.1) is 26.7 Å². The summed E-state index contributed by atoms with van der Waals surface area (Å²) in [4.78, 5) is 26.7. The van der Waals surface area contributed by atoms with E-state index in [9.17, 15) is 9.59 Å². The van der Waals surface area contributed by atoms with E-state index >= 15 is 0 Å². The van der Waals surface area contributed by atoms with E-state index in [1.807, 2.05) is 32.9 Å². The van der Waals surface area contributed by atoms with Gasteiger partial charge in [0.05, 0.1) is 16.0 Å². The summed E-state index contributed by atoms with van der Waals surface area (Å²) < 4.78 is 0. The highest BCUT2D eigenvalue weighted by Gasteiger charge is 2.35. The molecular formula is C20H20Cl2N2O2. The van der Waals surface area contributed by atoms with E-state index in [1.54, 1.807) is 23.1 Å². The van der Waals surface area contributed by atoms with Crippen molar-refractivity contribution in [3.63, 3.8) is 0 Å². The van der Waals surface area contributed by atoms with Crippen LogP contribution in [-0.2, 0) is 9.59 Å². The van der Waals surface area contributed by atoms with Crippen molar-refractivity contribution in [2.45, 2.75) is 27.2 Å². The minimum atomic E-state index is -0.406. The molecule has 136 valence electrons. The van der Waals surface area contributed by atoms with E-state index in [4.69, 9.17) is 23.2 Å². The summed E-state index contributed by atoms with van der Waals surface area (Å²) in [7, 11) is 0. The van der Waals surface area contributed by atoms with Crippen LogP contribution in [0.25, 0.3) is 0 Å². The lowest BCUT2D eigenvalue weighted by molar-refractivity contribution is -0.122. The zero-order valence-electron chi connectivity index (χ0n) is 14.9. The van der Waals surface area contributed by atoms with Crippen LogP contribution < -0.4 is 10.2 Å². The van der Waals surface area contributed by atoms with Crippen molar-refractivity contribution >= 4 is 46.4 Å². The van der Waals surface area contributed by atoms with Crippen LogP contribution in [0.2, 0.25) is 10.0 Å². The average molecular weight is 391 g/mol. The van der Waals surface area contributed by atoms with Crippen molar-refractivity contribution in [2.75, 3.05) is 16.8 Å². The van der Waals surface area contributed by atoms with Crippen LogP contribution in [0.4, 0.5) is 11.4 Å². The highest BCUT2D eigenvalue weighted by atomic mass is 35.5. The highest BCUT2D eigenvalue weighted by molar-refractivity contribution is 6.42. The number of halogens is 2. The van der Waals surface area contributed by atoms with E-state index in [0.29, 0.717) is 22.3 Å². The van der Waals surface area contributed by atoms with Crippen molar-refractivity contribution in [1.82, 2.24) is 0 Å². The summed E-state index contributed by atoms with van der Waals surface area (Å²) in [5, 5.41) is 3.81. The Balaban J connectivity index is 1.76. The number of anilines is 2. The molecule has 0 saturated carbocycles. The average Bonchev–Trinajstić information content (AvgIpc) is 2.95. The summed E-state index contributed by atoms with van der Waals surface area (Å²) in [6.07, 6.45) is 0.177. The Kier molecular flexibility index (Phi) is 5.26. The van der Waals surface area contributed by atoms with Crippen molar-refractivity contribution in [1.29, 1.82) is 0 Å². The number of rotatable bonds is 3. The molecule has 1 heterocycles. The number of hydrogen-bond donors (Lipinski definition) is 1. The molecule has 3 rings (SSSR count). The van der Waals surface area contributed by atoms with Gasteiger partial charge in [-0.25, -0.2) is 0 Å². The summed E-state index contributed by atoms with van der Waals surface area (Å²) >= 11 is 12.0. The van der Waals surface area contributed by atoms with Gasteiger partial charge in [-0.3, -0.25) is 9.59 Å². The van der Waals surface area contributed by atoms with Gasteiger partial charge in [-0.2, -0.15) is 0 Å². The molecule has 4 nitrogen and oxygen atoms in total. The van der Waals surface area contributed by atoms with Gasteiger partial charge in [0.15, 0.2) is 0 Å². The number of nitrogens with one attached hydrogen (secondary N) is 1. The van der Waals surface area contributed by atoms with Gasteiger partial charge >= 0.3 is 0 Å². The maximum absolute atomic E-state index is 12.7. The van der Waals surface area contributed by atoms with Crippen LogP contribution in [0.15, 0.2) is 30.3 Å². The first-order valence-corrected chi connectivity index (χ1v) is 9.16. The molecule has 2 amide bonds. The Hall–Kier alpha value is -2.04. The van der Waals surface area contributed by atoms with Gasteiger partial charge in [0.1, 0.15) is 0 Å². The Morgan fingerprint density at radius 2 is 1.73 bits per heavy atom. The number of aryl methyl sites for hydroxylation is 3. The SMILES string of the molecule is Cc1cc(C)c(NC(=O)C2CC(=O)N(c3ccc(Cl)c(Cl)c3)C2)c(C)c1. The standard InChI is InChI=1S/C20H20Cl2N2O2/c1-11-6-12(2)19(13(3)7-11)23-20(26)14-8-18(25)24(10-14)15-4-5-16(21)17(22)9-15/h4-7,9,14H,8,10H2,1-3H3,(H,23,26). The third-order valence-electron chi connectivity index (χ3n) is 4.64. The van der Waals surface area contributed by atoms with E-state index in [0.717, 1.165) is 22.4 Å². The predicted molar refractivity (Wildman–Crippen MR) is 106 cm³/mol. The van der Waals surface area contributed by atoms with Gasteiger partial charge in [-0.15, -0.1) is 0 Å². The number of nitrogens with zero attached hydrogens (tertiary/aromatic N) is 1. The lowest BCUT2D eigenvalue weighted by Gasteiger charge is -2.18. The lowest BCUT2D eigenvalue weighted by atomic mass is 10.0. The first kappa shape index (κ1) is 18.7. The number of carbonyl (C=O) groups excluding carboxylic acids is 2. The number of amides is 2. The molecule has 0 spiro atoms. The van der Waals surface area contributed by atoms with Crippen molar-refractivity contribution in [2.24, 2.45) is 5.92 Å². The smallest absolute Gasteiger partial charge is 0.229 e. The third kappa shape index (κ3) is 3.71. The Bertz CT molecular complexity index is 872. The molecule has 0 radical (unpaired) electrons. The monoisotopic (exact) mass is 390 g/mol. The number of benzene rings is 2. The lowest BCUT2D eigenvalue weighted by Crippen LogP contribution is -2.28. The highest BCUT2D eigenvalue weighted by Crippen LogP contribution is 2.32. The Labute approximate surface area is 163 Å². The van der Waals surface area contributed by atoms with Crippen molar-refractivity contribution in [3.8, 4) is 0 Å². The fourth-order valence-corrected chi connectivity index (χ4v) is 3.68.